The zero-order valence-corrected chi connectivity index (χ0v) is 9.66. The second-order valence-electron chi connectivity index (χ2n) is 3.62. The first kappa shape index (κ1) is 12.7. The fraction of sp³-hybridized carbons (Fsp3) is 0.545. The SMILES string of the molecule is COCCC(N)C(=O)NCc1ccc(C)o1. The van der Waals surface area contributed by atoms with Crippen LogP contribution in [0, 0.1) is 6.92 Å². The van der Waals surface area contributed by atoms with E-state index in [2.05, 4.69) is 5.32 Å². The molecule has 5 nitrogen and oxygen atoms in total. The van der Waals surface area contributed by atoms with Gasteiger partial charge >= 0.3 is 0 Å². The summed E-state index contributed by atoms with van der Waals surface area (Å²) in [5.74, 6) is 1.36. The zero-order chi connectivity index (χ0) is 12.0. The van der Waals surface area contributed by atoms with Crippen molar-refractivity contribution in [2.24, 2.45) is 5.73 Å². The number of rotatable bonds is 6. The number of carbonyl (C=O) groups excluding carboxylic acids is 1. The minimum atomic E-state index is -0.531. The van der Waals surface area contributed by atoms with Crippen molar-refractivity contribution in [3.05, 3.63) is 23.7 Å². The second-order valence-corrected chi connectivity index (χ2v) is 3.62. The van der Waals surface area contributed by atoms with Crippen molar-refractivity contribution in [1.82, 2.24) is 5.32 Å². The van der Waals surface area contributed by atoms with Crippen molar-refractivity contribution >= 4 is 5.91 Å². The second kappa shape index (κ2) is 6.30. The largest absolute Gasteiger partial charge is 0.465 e. The Bertz CT molecular complexity index is 336. The maximum absolute atomic E-state index is 11.5. The maximum atomic E-state index is 11.5. The summed E-state index contributed by atoms with van der Waals surface area (Å²) in [5.41, 5.74) is 5.65. The van der Waals surface area contributed by atoms with E-state index in [4.69, 9.17) is 14.9 Å². The number of carbonyl (C=O) groups is 1. The van der Waals surface area contributed by atoms with Crippen LogP contribution in [0.3, 0.4) is 0 Å². The van der Waals surface area contributed by atoms with Gasteiger partial charge in [0.05, 0.1) is 12.6 Å². The molecule has 1 amide bonds. The Labute approximate surface area is 94.9 Å². The van der Waals surface area contributed by atoms with Gasteiger partial charge in [-0.15, -0.1) is 0 Å². The van der Waals surface area contributed by atoms with Gasteiger partial charge in [0, 0.05) is 13.7 Å². The molecule has 0 fully saturated rings. The highest BCUT2D eigenvalue weighted by molar-refractivity contribution is 5.81. The lowest BCUT2D eigenvalue weighted by Crippen LogP contribution is -2.40. The van der Waals surface area contributed by atoms with Gasteiger partial charge in [0.25, 0.3) is 0 Å². The molecule has 0 aliphatic carbocycles. The summed E-state index contributed by atoms with van der Waals surface area (Å²) in [5, 5.41) is 2.71. The van der Waals surface area contributed by atoms with E-state index in [1.807, 2.05) is 19.1 Å². The molecule has 5 heteroatoms. The van der Waals surface area contributed by atoms with E-state index in [1.165, 1.54) is 0 Å². The van der Waals surface area contributed by atoms with Crippen LogP contribution in [0.15, 0.2) is 16.5 Å². The number of hydrogen-bond donors (Lipinski definition) is 2. The molecule has 1 heterocycles. The number of amides is 1. The quantitative estimate of drug-likeness (QED) is 0.743. The van der Waals surface area contributed by atoms with Crippen molar-refractivity contribution < 1.29 is 13.9 Å². The average Bonchev–Trinajstić information content (AvgIpc) is 2.68. The lowest BCUT2D eigenvalue weighted by Gasteiger charge is -2.10. The molecule has 0 aliphatic rings. The molecule has 1 aromatic rings. The molecule has 90 valence electrons. The monoisotopic (exact) mass is 226 g/mol. The molecular weight excluding hydrogens is 208 g/mol. The van der Waals surface area contributed by atoms with E-state index in [0.717, 1.165) is 11.5 Å². The van der Waals surface area contributed by atoms with Crippen LogP contribution < -0.4 is 11.1 Å². The number of methoxy groups -OCH3 is 1. The maximum Gasteiger partial charge on any atom is 0.237 e. The highest BCUT2D eigenvalue weighted by atomic mass is 16.5. The van der Waals surface area contributed by atoms with Gasteiger partial charge in [-0.05, 0) is 25.5 Å². The number of ether oxygens (including phenoxy) is 1. The highest BCUT2D eigenvalue weighted by Crippen LogP contribution is 2.05. The standard InChI is InChI=1S/C11H18N2O3/c1-8-3-4-9(16-8)7-13-11(14)10(12)5-6-15-2/h3-4,10H,5-7,12H2,1-2H3,(H,13,14). The Morgan fingerprint density at radius 1 is 1.62 bits per heavy atom. The molecule has 16 heavy (non-hydrogen) atoms. The van der Waals surface area contributed by atoms with Crippen LogP contribution in [0.5, 0.6) is 0 Å². The molecule has 1 rings (SSSR count). The van der Waals surface area contributed by atoms with Crippen LogP contribution in [0.25, 0.3) is 0 Å². The Morgan fingerprint density at radius 3 is 2.94 bits per heavy atom. The van der Waals surface area contributed by atoms with Crippen molar-refractivity contribution in [3.63, 3.8) is 0 Å². The molecule has 0 aromatic carbocycles. The van der Waals surface area contributed by atoms with E-state index >= 15 is 0 Å². The van der Waals surface area contributed by atoms with E-state index in [9.17, 15) is 4.79 Å². The average molecular weight is 226 g/mol. The molecule has 0 bridgehead atoms. The van der Waals surface area contributed by atoms with Crippen molar-refractivity contribution in [2.75, 3.05) is 13.7 Å². The first-order chi connectivity index (χ1) is 7.63. The lowest BCUT2D eigenvalue weighted by molar-refractivity contribution is -0.123. The highest BCUT2D eigenvalue weighted by Gasteiger charge is 2.12. The molecule has 0 radical (unpaired) electrons. The van der Waals surface area contributed by atoms with Crippen LogP contribution in [0.1, 0.15) is 17.9 Å². The van der Waals surface area contributed by atoms with Gasteiger partial charge in [-0.2, -0.15) is 0 Å². The molecule has 1 atom stereocenters. The van der Waals surface area contributed by atoms with E-state index in [0.29, 0.717) is 19.6 Å². The van der Waals surface area contributed by atoms with Crippen LogP contribution >= 0.6 is 0 Å². The van der Waals surface area contributed by atoms with Crippen molar-refractivity contribution in [1.29, 1.82) is 0 Å². The van der Waals surface area contributed by atoms with Gasteiger partial charge in [0.2, 0.25) is 5.91 Å². The molecule has 1 unspecified atom stereocenters. The smallest absolute Gasteiger partial charge is 0.237 e. The molecule has 0 saturated heterocycles. The van der Waals surface area contributed by atoms with Crippen LogP contribution in [0.2, 0.25) is 0 Å². The third kappa shape index (κ3) is 4.04. The number of nitrogens with two attached hydrogens (primary N) is 1. The molecular formula is C11H18N2O3. The first-order valence-electron chi connectivity index (χ1n) is 5.21. The van der Waals surface area contributed by atoms with E-state index in [-0.39, 0.29) is 5.91 Å². The predicted molar refractivity (Wildman–Crippen MR) is 59.8 cm³/mol. The first-order valence-corrected chi connectivity index (χ1v) is 5.21. The third-order valence-electron chi connectivity index (χ3n) is 2.20. The third-order valence-corrected chi connectivity index (χ3v) is 2.20. The predicted octanol–water partition coefficient (Wildman–Crippen LogP) is 0.568. The minimum absolute atomic E-state index is 0.189. The van der Waals surface area contributed by atoms with Gasteiger partial charge in [-0.25, -0.2) is 0 Å². The van der Waals surface area contributed by atoms with Crippen LogP contribution in [0.4, 0.5) is 0 Å². The normalized spacial score (nSPS) is 12.4. The number of nitrogens with one attached hydrogen (secondary N) is 1. The van der Waals surface area contributed by atoms with Gasteiger partial charge < -0.3 is 20.2 Å². The zero-order valence-electron chi connectivity index (χ0n) is 9.66. The summed E-state index contributed by atoms with van der Waals surface area (Å²) in [7, 11) is 1.58. The Kier molecular flexibility index (Phi) is 5.01. The summed E-state index contributed by atoms with van der Waals surface area (Å²) in [6, 6.07) is 3.15. The Morgan fingerprint density at radius 2 is 2.38 bits per heavy atom. The molecule has 0 aliphatic heterocycles. The molecule has 1 aromatic heterocycles. The van der Waals surface area contributed by atoms with Crippen LogP contribution in [-0.2, 0) is 16.1 Å². The van der Waals surface area contributed by atoms with Crippen LogP contribution in [-0.4, -0.2) is 25.7 Å². The number of hydrogen-bond acceptors (Lipinski definition) is 4. The summed E-state index contributed by atoms with van der Waals surface area (Å²) in [6.45, 7) is 2.71. The summed E-state index contributed by atoms with van der Waals surface area (Å²) in [4.78, 5) is 11.5. The molecule has 3 N–H and O–H groups in total. The molecule has 0 saturated carbocycles. The fourth-order valence-corrected chi connectivity index (χ4v) is 1.26. The fourth-order valence-electron chi connectivity index (χ4n) is 1.26. The Balaban J connectivity index is 2.29. The van der Waals surface area contributed by atoms with Gasteiger partial charge in [-0.1, -0.05) is 0 Å². The molecule has 0 spiro atoms. The van der Waals surface area contributed by atoms with Crippen molar-refractivity contribution in [2.45, 2.75) is 25.9 Å². The minimum Gasteiger partial charge on any atom is -0.465 e. The number of furan rings is 1. The summed E-state index contributed by atoms with van der Waals surface area (Å²) < 4.78 is 10.2. The summed E-state index contributed by atoms with van der Waals surface area (Å²) in [6.07, 6.45) is 0.513. The van der Waals surface area contributed by atoms with Gasteiger partial charge in [-0.3, -0.25) is 4.79 Å². The van der Waals surface area contributed by atoms with E-state index in [1.54, 1.807) is 7.11 Å². The van der Waals surface area contributed by atoms with Crippen molar-refractivity contribution in [3.8, 4) is 0 Å². The number of aryl methyl sites for hydroxylation is 1. The van der Waals surface area contributed by atoms with E-state index < -0.39 is 6.04 Å². The summed E-state index contributed by atoms with van der Waals surface area (Å²) >= 11 is 0. The topological polar surface area (TPSA) is 77.5 Å². The lowest BCUT2D eigenvalue weighted by atomic mass is 10.2. The van der Waals surface area contributed by atoms with Gasteiger partial charge in [0.1, 0.15) is 11.5 Å². The van der Waals surface area contributed by atoms with Gasteiger partial charge in [0.15, 0.2) is 0 Å². The Hall–Kier alpha value is -1.33.